The molecule has 2 aromatic rings. The van der Waals surface area contributed by atoms with Gasteiger partial charge in [0, 0.05) is 23.1 Å². The van der Waals surface area contributed by atoms with E-state index in [0.29, 0.717) is 6.04 Å². The molecule has 1 N–H and O–H groups in total. The van der Waals surface area contributed by atoms with Crippen LogP contribution < -0.4 is 5.32 Å². The second-order valence-electron chi connectivity index (χ2n) is 7.28. The highest BCUT2D eigenvalue weighted by Crippen LogP contribution is 2.36. The first-order valence-electron chi connectivity index (χ1n) is 8.99. The average molecular weight is 341 g/mol. The Morgan fingerprint density at radius 3 is 2.12 bits per heavy atom. The SMILES string of the molecule is CN1[C@@H]2CC[C@H]1CC(NC(c1ccccc1)c1ccc(Cl)cc1)C2. The third kappa shape index (κ3) is 3.23. The molecule has 24 heavy (non-hydrogen) atoms. The van der Waals surface area contributed by atoms with Gasteiger partial charge in [-0.3, -0.25) is 0 Å². The van der Waals surface area contributed by atoms with Crippen molar-refractivity contribution in [3.8, 4) is 0 Å². The average Bonchev–Trinajstić information content (AvgIpc) is 2.83. The lowest BCUT2D eigenvalue weighted by molar-refractivity contribution is 0.145. The molecule has 4 rings (SSSR count). The molecule has 0 radical (unpaired) electrons. The molecular formula is C21H25ClN2. The molecule has 2 fully saturated rings. The van der Waals surface area contributed by atoms with E-state index in [1.165, 1.54) is 36.8 Å². The Hall–Kier alpha value is -1.35. The third-order valence-corrected chi connectivity index (χ3v) is 6.09. The molecule has 0 aromatic heterocycles. The summed E-state index contributed by atoms with van der Waals surface area (Å²) in [5.41, 5.74) is 2.61. The molecule has 0 saturated carbocycles. The normalized spacial score (nSPS) is 28.0. The van der Waals surface area contributed by atoms with Gasteiger partial charge >= 0.3 is 0 Å². The molecule has 2 bridgehead atoms. The van der Waals surface area contributed by atoms with Gasteiger partial charge in [-0.2, -0.15) is 0 Å². The minimum Gasteiger partial charge on any atom is -0.303 e. The summed E-state index contributed by atoms with van der Waals surface area (Å²) < 4.78 is 0. The number of benzene rings is 2. The molecule has 2 saturated heterocycles. The van der Waals surface area contributed by atoms with Crippen LogP contribution in [0.4, 0.5) is 0 Å². The van der Waals surface area contributed by atoms with Gasteiger partial charge in [-0.25, -0.2) is 0 Å². The molecule has 0 amide bonds. The van der Waals surface area contributed by atoms with E-state index in [4.69, 9.17) is 11.6 Å². The second-order valence-corrected chi connectivity index (χ2v) is 7.72. The highest BCUT2D eigenvalue weighted by Gasteiger charge is 2.39. The van der Waals surface area contributed by atoms with Gasteiger partial charge in [0.1, 0.15) is 0 Å². The molecule has 2 aromatic carbocycles. The van der Waals surface area contributed by atoms with Crippen molar-refractivity contribution >= 4 is 11.6 Å². The van der Waals surface area contributed by atoms with Crippen LogP contribution in [0, 0.1) is 0 Å². The first-order chi connectivity index (χ1) is 11.7. The molecule has 0 aliphatic carbocycles. The lowest BCUT2D eigenvalue weighted by Crippen LogP contribution is -2.48. The van der Waals surface area contributed by atoms with E-state index in [9.17, 15) is 0 Å². The molecule has 2 unspecified atom stereocenters. The van der Waals surface area contributed by atoms with Gasteiger partial charge < -0.3 is 10.2 Å². The number of hydrogen-bond acceptors (Lipinski definition) is 2. The van der Waals surface area contributed by atoms with Crippen molar-refractivity contribution in [2.45, 2.75) is 49.9 Å². The predicted molar refractivity (Wildman–Crippen MR) is 100 cm³/mol. The molecule has 126 valence electrons. The summed E-state index contributed by atoms with van der Waals surface area (Å²) in [7, 11) is 2.30. The quantitative estimate of drug-likeness (QED) is 0.872. The topological polar surface area (TPSA) is 15.3 Å². The Morgan fingerprint density at radius 2 is 1.50 bits per heavy atom. The van der Waals surface area contributed by atoms with Crippen molar-refractivity contribution in [1.29, 1.82) is 0 Å². The van der Waals surface area contributed by atoms with Crippen molar-refractivity contribution < 1.29 is 0 Å². The van der Waals surface area contributed by atoms with Crippen LogP contribution in [0.5, 0.6) is 0 Å². The van der Waals surface area contributed by atoms with E-state index in [2.05, 4.69) is 59.7 Å². The van der Waals surface area contributed by atoms with Crippen molar-refractivity contribution in [3.63, 3.8) is 0 Å². The Kier molecular flexibility index (Phi) is 4.62. The maximum Gasteiger partial charge on any atom is 0.0578 e. The summed E-state index contributed by atoms with van der Waals surface area (Å²) in [4.78, 5) is 2.60. The molecule has 3 heteroatoms. The minimum atomic E-state index is 0.233. The fraction of sp³-hybridized carbons (Fsp3) is 0.429. The van der Waals surface area contributed by atoms with Crippen LogP contribution in [0.25, 0.3) is 0 Å². The second kappa shape index (κ2) is 6.87. The first kappa shape index (κ1) is 16.1. The Morgan fingerprint density at radius 1 is 0.917 bits per heavy atom. The van der Waals surface area contributed by atoms with Gasteiger partial charge in [-0.15, -0.1) is 0 Å². The minimum absolute atomic E-state index is 0.233. The van der Waals surface area contributed by atoms with Gasteiger partial charge in [0.05, 0.1) is 6.04 Å². The maximum absolute atomic E-state index is 6.09. The van der Waals surface area contributed by atoms with Crippen LogP contribution in [0.1, 0.15) is 42.9 Å². The molecule has 4 atom stereocenters. The summed E-state index contributed by atoms with van der Waals surface area (Å²) in [5.74, 6) is 0. The van der Waals surface area contributed by atoms with Gasteiger partial charge in [0.2, 0.25) is 0 Å². The summed E-state index contributed by atoms with van der Waals surface area (Å²) in [6, 6.07) is 21.4. The van der Waals surface area contributed by atoms with Crippen LogP contribution in [0.2, 0.25) is 5.02 Å². The number of rotatable bonds is 4. The largest absolute Gasteiger partial charge is 0.303 e. The van der Waals surface area contributed by atoms with E-state index in [0.717, 1.165) is 17.1 Å². The Balaban J connectivity index is 1.58. The summed E-state index contributed by atoms with van der Waals surface area (Å²) in [6.07, 6.45) is 5.22. The number of fused-ring (bicyclic) bond motifs is 2. The van der Waals surface area contributed by atoms with E-state index in [-0.39, 0.29) is 6.04 Å². The molecule has 2 aliphatic heterocycles. The molecule has 2 heterocycles. The Labute approximate surface area is 149 Å². The van der Waals surface area contributed by atoms with Crippen molar-refractivity contribution in [1.82, 2.24) is 10.2 Å². The fourth-order valence-electron chi connectivity index (χ4n) is 4.47. The van der Waals surface area contributed by atoms with Crippen molar-refractivity contribution in [2.75, 3.05) is 7.05 Å². The van der Waals surface area contributed by atoms with E-state index >= 15 is 0 Å². The monoisotopic (exact) mass is 340 g/mol. The summed E-state index contributed by atoms with van der Waals surface area (Å²) in [6.45, 7) is 0. The van der Waals surface area contributed by atoms with E-state index in [1.54, 1.807) is 0 Å². The van der Waals surface area contributed by atoms with Crippen LogP contribution in [0.3, 0.4) is 0 Å². The van der Waals surface area contributed by atoms with E-state index < -0.39 is 0 Å². The number of piperidine rings is 1. The number of nitrogens with zero attached hydrogens (tertiary/aromatic N) is 1. The molecule has 2 nitrogen and oxygen atoms in total. The number of hydrogen-bond donors (Lipinski definition) is 1. The third-order valence-electron chi connectivity index (χ3n) is 5.84. The van der Waals surface area contributed by atoms with Crippen LogP contribution >= 0.6 is 11.6 Å². The standard InChI is InChI=1S/C21H25ClN2/c1-24-19-11-12-20(24)14-18(13-19)23-21(15-5-3-2-4-6-15)16-7-9-17(22)10-8-16/h2-10,18-21,23H,11-14H2,1H3/t18?,19-,20+,21?. The highest BCUT2D eigenvalue weighted by molar-refractivity contribution is 6.30. The smallest absolute Gasteiger partial charge is 0.0578 e. The fourth-order valence-corrected chi connectivity index (χ4v) is 4.59. The van der Waals surface area contributed by atoms with Gasteiger partial charge in [0.15, 0.2) is 0 Å². The first-order valence-corrected chi connectivity index (χ1v) is 9.37. The lowest BCUT2D eigenvalue weighted by Gasteiger charge is -2.38. The maximum atomic E-state index is 6.09. The van der Waals surface area contributed by atoms with Gasteiger partial charge in [-0.1, -0.05) is 54.1 Å². The lowest BCUT2D eigenvalue weighted by atomic mass is 9.93. The van der Waals surface area contributed by atoms with Crippen molar-refractivity contribution in [3.05, 3.63) is 70.7 Å². The van der Waals surface area contributed by atoms with Gasteiger partial charge in [0.25, 0.3) is 0 Å². The zero-order valence-electron chi connectivity index (χ0n) is 14.2. The zero-order valence-corrected chi connectivity index (χ0v) is 14.9. The van der Waals surface area contributed by atoms with Crippen molar-refractivity contribution in [2.24, 2.45) is 0 Å². The molecular weight excluding hydrogens is 316 g/mol. The summed E-state index contributed by atoms with van der Waals surface area (Å²) in [5, 5.41) is 4.75. The highest BCUT2D eigenvalue weighted by atomic mass is 35.5. The predicted octanol–water partition coefficient (Wildman–Crippen LogP) is 4.64. The number of halogens is 1. The van der Waals surface area contributed by atoms with Crippen LogP contribution in [0.15, 0.2) is 54.6 Å². The zero-order chi connectivity index (χ0) is 16.5. The van der Waals surface area contributed by atoms with E-state index in [1.807, 2.05) is 12.1 Å². The summed E-state index contributed by atoms with van der Waals surface area (Å²) >= 11 is 6.09. The van der Waals surface area contributed by atoms with Gasteiger partial charge in [-0.05, 0) is 56.0 Å². The molecule has 2 aliphatic rings. The number of nitrogens with one attached hydrogen (secondary N) is 1. The van der Waals surface area contributed by atoms with Crippen LogP contribution in [-0.4, -0.2) is 30.1 Å². The molecule has 0 spiro atoms. The Bertz CT molecular complexity index is 656. The van der Waals surface area contributed by atoms with Crippen LogP contribution in [-0.2, 0) is 0 Å².